The van der Waals surface area contributed by atoms with E-state index in [2.05, 4.69) is 20.8 Å². The number of aliphatic hydroxyl groups excluding tert-OH is 1. The fourth-order valence-electron chi connectivity index (χ4n) is 2.08. The van der Waals surface area contributed by atoms with Gasteiger partial charge in [0.1, 0.15) is 0 Å². The summed E-state index contributed by atoms with van der Waals surface area (Å²) in [5.74, 6) is 0. The molecule has 0 bridgehead atoms. The predicted octanol–water partition coefficient (Wildman–Crippen LogP) is 3.30. The summed E-state index contributed by atoms with van der Waals surface area (Å²) in [5.41, 5.74) is 0.850. The Morgan fingerprint density at radius 3 is 2.35 bits per heavy atom. The van der Waals surface area contributed by atoms with E-state index in [1.54, 1.807) is 7.11 Å². The van der Waals surface area contributed by atoms with E-state index in [-0.39, 0.29) is 11.5 Å². The van der Waals surface area contributed by atoms with Crippen molar-refractivity contribution < 1.29 is 9.84 Å². The van der Waals surface area contributed by atoms with Crippen LogP contribution in [0, 0.1) is 5.41 Å². The van der Waals surface area contributed by atoms with Crippen LogP contribution < -0.4 is 0 Å². The number of methoxy groups -OCH3 is 1. The van der Waals surface area contributed by atoms with Crippen LogP contribution >= 0.6 is 11.6 Å². The van der Waals surface area contributed by atoms with Gasteiger partial charge in [-0.05, 0) is 17.0 Å². The molecule has 0 fully saturated rings. The molecule has 0 spiro atoms. The maximum Gasteiger partial charge on any atom is 0.0881 e. The molecule has 1 rings (SSSR count). The van der Waals surface area contributed by atoms with Crippen molar-refractivity contribution in [2.24, 2.45) is 5.41 Å². The van der Waals surface area contributed by atoms with Crippen LogP contribution in [-0.2, 0) is 11.2 Å². The molecule has 0 saturated heterocycles. The highest BCUT2D eigenvalue weighted by Crippen LogP contribution is 2.27. The summed E-state index contributed by atoms with van der Waals surface area (Å²) in [6.07, 6.45) is -0.256. The summed E-state index contributed by atoms with van der Waals surface area (Å²) in [7, 11) is 1.63. The van der Waals surface area contributed by atoms with E-state index in [0.717, 1.165) is 5.56 Å². The van der Waals surface area contributed by atoms with Crippen molar-refractivity contribution in [1.29, 1.82) is 0 Å². The second kappa shape index (κ2) is 5.85. The molecule has 2 atom stereocenters. The van der Waals surface area contributed by atoms with Crippen molar-refractivity contribution in [3.05, 3.63) is 34.9 Å². The third-order valence-corrected chi connectivity index (χ3v) is 3.21. The number of aliphatic hydroxyl groups is 1. The normalized spacial score (nSPS) is 15.6. The minimum absolute atomic E-state index is 0.102. The maximum atomic E-state index is 10.2. The zero-order chi connectivity index (χ0) is 13.1. The van der Waals surface area contributed by atoms with E-state index < -0.39 is 6.10 Å². The van der Waals surface area contributed by atoms with Gasteiger partial charge in [0.15, 0.2) is 0 Å². The maximum absolute atomic E-state index is 10.2. The smallest absolute Gasteiger partial charge is 0.0881 e. The second-order valence-corrected chi connectivity index (χ2v) is 5.79. The summed E-state index contributed by atoms with van der Waals surface area (Å²) >= 11 is 6.08. The molecule has 1 aromatic rings. The summed E-state index contributed by atoms with van der Waals surface area (Å²) < 4.78 is 5.40. The Kier molecular flexibility index (Phi) is 4.99. The van der Waals surface area contributed by atoms with Gasteiger partial charge < -0.3 is 9.84 Å². The summed E-state index contributed by atoms with van der Waals surface area (Å²) in [4.78, 5) is 0. The highest BCUT2D eigenvalue weighted by atomic mass is 35.5. The van der Waals surface area contributed by atoms with Crippen molar-refractivity contribution in [3.8, 4) is 0 Å². The Morgan fingerprint density at radius 2 is 1.88 bits per heavy atom. The molecule has 1 N–H and O–H groups in total. The van der Waals surface area contributed by atoms with Crippen LogP contribution in [0.1, 0.15) is 26.3 Å². The first-order valence-corrected chi connectivity index (χ1v) is 6.18. The van der Waals surface area contributed by atoms with Crippen molar-refractivity contribution >= 4 is 11.6 Å². The first-order chi connectivity index (χ1) is 7.86. The number of rotatable bonds is 4. The predicted molar refractivity (Wildman–Crippen MR) is 71.4 cm³/mol. The van der Waals surface area contributed by atoms with E-state index in [1.807, 2.05) is 24.3 Å². The standard InChI is InChI=1S/C14H21ClO2/c1-14(2,3)13(17-4)12(16)9-10-7-5-6-8-11(10)15/h5-8,12-13,16H,9H2,1-4H3. The molecule has 0 heterocycles. The lowest BCUT2D eigenvalue weighted by Gasteiger charge is -2.33. The Labute approximate surface area is 109 Å². The number of ether oxygens (including phenoxy) is 1. The highest BCUT2D eigenvalue weighted by Gasteiger charge is 2.31. The Morgan fingerprint density at radius 1 is 1.29 bits per heavy atom. The summed E-state index contributed by atoms with van der Waals surface area (Å²) in [5, 5.41) is 10.9. The largest absolute Gasteiger partial charge is 0.390 e. The molecule has 0 aliphatic heterocycles. The number of halogens is 1. The minimum Gasteiger partial charge on any atom is -0.390 e. The average Bonchev–Trinajstić information content (AvgIpc) is 2.20. The Hall–Kier alpha value is -0.570. The van der Waals surface area contributed by atoms with Crippen LogP contribution in [0.2, 0.25) is 5.02 Å². The van der Waals surface area contributed by atoms with Crippen molar-refractivity contribution in [2.45, 2.75) is 39.4 Å². The summed E-state index contributed by atoms with van der Waals surface area (Å²) in [6.45, 7) is 6.16. The van der Waals surface area contributed by atoms with Gasteiger partial charge in [-0.2, -0.15) is 0 Å². The molecule has 0 aromatic heterocycles. The zero-order valence-corrected chi connectivity index (χ0v) is 11.7. The molecule has 0 aliphatic rings. The monoisotopic (exact) mass is 256 g/mol. The average molecular weight is 257 g/mol. The first-order valence-electron chi connectivity index (χ1n) is 5.80. The van der Waals surface area contributed by atoms with Gasteiger partial charge in [-0.15, -0.1) is 0 Å². The SMILES string of the molecule is COC(C(O)Cc1ccccc1Cl)C(C)(C)C. The van der Waals surface area contributed by atoms with Gasteiger partial charge in [-0.3, -0.25) is 0 Å². The lowest BCUT2D eigenvalue weighted by atomic mass is 9.84. The van der Waals surface area contributed by atoms with Gasteiger partial charge in [0.05, 0.1) is 12.2 Å². The van der Waals surface area contributed by atoms with E-state index in [1.165, 1.54) is 0 Å². The highest BCUT2D eigenvalue weighted by molar-refractivity contribution is 6.31. The molecular formula is C14H21ClO2. The molecular weight excluding hydrogens is 236 g/mol. The number of hydrogen-bond donors (Lipinski definition) is 1. The van der Waals surface area contributed by atoms with Gasteiger partial charge in [-0.1, -0.05) is 50.6 Å². The van der Waals surface area contributed by atoms with E-state index >= 15 is 0 Å². The molecule has 17 heavy (non-hydrogen) atoms. The van der Waals surface area contributed by atoms with Crippen molar-refractivity contribution in [3.63, 3.8) is 0 Å². The van der Waals surface area contributed by atoms with Crippen molar-refractivity contribution in [2.75, 3.05) is 7.11 Å². The summed E-state index contributed by atoms with van der Waals surface area (Å²) in [6, 6.07) is 7.58. The fourth-order valence-corrected chi connectivity index (χ4v) is 2.30. The van der Waals surface area contributed by atoms with Gasteiger partial charge >= 0.3 is 0 Å². The molecule has 0 aliphatic carbocycles. The van der Waals surface area contributed by atoms with Crippen LogP contribution in [-0.4, -0.2) is 24.4 Å². The molecule has 2 unspecified atom stereocenters. The van der Waals surface area contributed by atoms with Gasteiger partial charge in [0, 0.05) is 18.6 Å². The lowest BCUT2D eigenvalue weighted by Crippen LogP contribution is -2.40. The minimum atomic E-state index is -0.556. The van der Waals surface area contributed by atoms with Gasteiger partial charge in [0.25, 0.3) is 0 Å². The molecule has 3 heteroatoms. The van der Waals surface area contributed by atoms with E-state index in [4.69, 9.17) is 16.3 Å². The van der Waals surface area contributed by atoms with E-state index in [9.17, 15) is 5.11 Å². The van der Waals surface area contributed by atoms with Crippen LogP contribution in [0.25, 0.3) is 0 Å². The molecule has 2 nitrogen and oxygen atoms in total. The lowest BCUT2D eigenvalue weighted by molar-refractivity contribution is -0.0698. The fraction of sp³-hybridized carbons (Fsp3) is 0.571. The van der Waals surface area contributed by atoms with Gasteiger partial charge in [0.2, 0.25) is 0 Å². The first kappa shape index (κ1) is 14.5. The number of benzene rings is 1. The zero-order valence-electron chi connectivity index (χ0n) is 10.9. The van der Waals surface area contributed by atoms with Crippen molar-refractivity contribution in [1.82, 2.24) is 0 Å². The second-order valence-electron chi connectivity index (χ2n) is 5.39. The number of hydrogen-bond acceptors (Lipinski definition) is 2. The topological polar surface area (TPSA) is 29.5 Å². The molecule has 0 amide bonds. The third-order valence-electron chi connectivity index (χ3n) is 2.84. The quantitative estimate of drug-likeness (QED) is 0.896. The molecule has 0 radical (unpaired) electrons. The van der Waals surface area contributed by atoms with Crippen LogP contribution in [0.15, 0.2) is 24.3 Å². The van der Waals surface area contributed by atoms with Gasteiger partial charge in [-0.25, -0.2) is 0 Å². The van der Waals surface area contributed by atoms with Crippen LogP contribution in [0.3, 0.4) is 0 Å². The Bertz CT molecular complexity index is 357. The van der Waals surface area contributed by atoms with Crippen LogP contribution in [0.5, 0.6) is 0 Å². The molecule has 96 valence electrons. The third kappa shape index (κ3) is 3.98. The molecule has 1 aromatic carbocycles. The van der Waals surface area contributed by atoms with Crippen LogP contribution in [0.4, 0.5) is 0 Å². The molecule has 0 saturated carbocycles. The Balaban J connectivity index is 2.78. The van der Waals surface area contributed by atoms with E-state index in [0.29, 0.717) is 11.4 Å².